The Bertz CT molecular complexity index is 770. The van der Waals surface area contributed by atoms with E-state index in [1.165, 1.54) is 6.33 Å². The second-order valence-corrected chi connectivity index (χ2v) is 5.08. The van der Waals surface area contributed by atoms with E-state index in [9.17, 15) is 10.1 Å². The number of fused-ring (bicyclic) bond motifs is 1. The predicted molar refractivity (Wildman–Crippen MR) is 89.8 cm³/mol. The van der Waals surface area contributed by atoms with Gasteiger partial charge in [-0.25, -0.2) is 9.97 Å². The van der Waals surface area contributed by atoms with Crippen LogP contribution in [0.15, 0.2) is 24.5 Å². The number of rotatable bonds is 7. The van der Waals surface area contributed by atoms with E-state index in [4.69, 9.17) is 14.2 Å². The molecule has 0 bridgehead atoms. The van der Waals surface area contributed by atoms with E-state index in [-0.39, 0.29) is 17.3 Å². The Morgan fingerprint density at radius 1 is 1.24 bits per heavy atom. The molecule has 1 aliphatic rings. The summed E-state index contributed by atoms with van der Waals surface area (Å²) in [7, 11) is 1.55. The van der Waals surface area contributed by atoms with Crippen molar-refractivity contribution < 1.29 is 19.1 Å². The van der Waals surface area contributed by atoms with Gasteiger partial charge in [0, 0.05) is 25.4 Å². The van der Waals surface area contributed by atoms with Gasteiger partial charge in [0.25, 0.3) is 0 Å². The van der Waals surface area contributed by atoms with Crippen molar-refractivity contribution in [2.45, 2.75) is 0 Å². The molecule has 0 unspecified atom stereocenters. The predicted octanol–water partition coefficient (Wildman–Crippen LogP) is 1.96. The quantitative estimate of drug-likeness (QED) is 0.440. The van der Waals surface area contributed by atoms with Gasteiger partial charge >= 0.3 is 5.69 Å². The standard InChI is InChI=1S/C15H17N5O5/c1-23-5-4-16-14-13(20(21)22)15(18-9-17-14)19-10-2-3-11-12(8-10)25-7-6-24-11/h2-3,8-9H,4-7H2,1H3,(H2,16,17,18,19). The zero-order valence-electron chi connectivity index (χ0n) is 13.5. The Balaban J connectivity index is 1.86. The van der Waals surface area contributed by atoms with Gasteiger partial charge in [-0.3, -0.25) is 10.1 Å². The average molecular weight is 347 g/mol. The highest BCUT2D eigenvalue weighted by atomic mass is 16.6. The molecule has 0 saturated heterocycles. The van der Waals surface area contributed by atoms with Gasteiger partial charge in [-0.2, -0.15) is 0 Å². The third-order valence-corrected chi connectivity index (χ3v) is 3.41. The lowest BCUT2D eigenvalue weighted by Crippen LogP contribution is -2.15. The number of hydrogen-bond donors (Lipinski definition) is 2. The van der Waals surface area contributed by atoms with Crippen molar-refractivity contribution in [1.82, 2.24) is 9.97 Å². The van der Waals surface area contributed by atoms with Gasteiger partial charge < -0.3 is 24.8 Å². The first-order chi connectivity index (χ1) is 12.2. The molecule has 1 aromatic carbocycles. The maximum absolute atomic E-state index is 11.5. The monoisotopic (exact) mass is 347 g/mol. The normalized spacial score (nSPS) is 12.5. The number of hydrogen-bond acceptors (Lipinski definition) is 9. The van der Waals surface area contributed by atoms with Gasteiger partial charge in [0.2, 0.25) is 11.6 Å². The van der Waals surface area contributed by atoms with E-state index >= 15 is 0 Å². The Hall–Kier alpha value is -3.14. The zero-order valence-corrected chi connectivity index (χ0v) is 13.5. The fourth-order valence-electron chi connectivity index (χ4n) is 2.30. The molecule has 1 aromatic heterocycles. The Labute approximate surface area is 143 Å². The molecule has 3 rings (SSSR count). The summed E-state index contributed by atoms with van der Waals surface area (Å²) >= 11 is 0. The number of nitro groups is 1. The zero-order chi connectivity index (χ0) is 17.6. The number of anilines is 3. The first kappa shape index (κ1) is 16.7. The molecule has 2 N–H and O–H groups in total. The first-order valence-corrected chi connectivity index (χ1v) is 7.58. The van der Waals surface area contributed by atoms with E-state index in [0.717, 1.165) is 0 Å². The molecule has 0 amide bonds. The van der Waals surface area contributed by atoms with Gasteiger partial charge in [0.05, 0.1) is 11.5 Å². The number of ether oxygens (including phenoxy) is 3. The molecule has 0 radical (unpaired) electrons. The van der Waals surface area contributed by atoms with Crippen LogP contribution in [0.1, 0.15) is 0 Å². The fraction of sp³-hybridized carbons (Fsp3) is 0.333. The van der Waals surface area contributed by atoms with Gasteiger partial charge in [0.1, 0.15) is 19.5 Å². The second-order valence-electron chi connectivity index (χ2n) is 5.08. The van der Waals surface area contributed by atoms with Crippen LogP contribution in [0.25, 0.3) is 0 Å². The molecule has 10 nitrogen and oxygen atoms in total. The summed E-state index contributed by atoms with van der Waals surface area (Å²) in [4.78, 5) is 18.9. The van der Waals surface area contributed by atoms with Crippen molar-refractivity contribution in [2.24, 2.45) is 0 Å². The van der Waals surface area contributed by atoms with Crippen molar-refractivity contribution in [1.29, 1.82) is 0 Å². The van der Waals surface area contributed by atoms with Crippen LogP contribution in [0.4, 0.5) is 23.0 Å². The number of methoxy groups -OCH3 is 1. The SMILES string of the molecule is COCCNc1ncnc(Nc2ccc3c(c2)OCCO3)c1[N+](=O)[O-]. The highest BCUT2D eigenvalue weighted by Gasteiger charge is 2.23. The van der Waals surface area contributed by atoms with E-state index in [1.54, 1.807) is 25.3 Å². The third-order valence-electron chi connectivity index (χ3n) is 3.41. The van der Waals surface area contributed by atoms with Crippen LogP contribution in [0.2, 0.25) is 0 Å². The van der Waals surface area contributed by atoms with E-state index < -0.39 is 4.92 Å². The molecule has 0 saturated carbocycles. The van der Waals surface area contributed by atoms with Crippen LogP contribution in [0.3, 0.4) is 0 Å². The molecule has 1 aliphatic heterocycles. The Kier molecular flexibility index (Phi) is 5.09. The highest BCUT2D eigenvalue weighted by Crippen LogP contribution is 2.36. The molecule has 25 heavy (non-hydrogen) atoms. The largest absolute Gasteiger partial charge is 0.486 e. The summed E-state index contributed by atoms with van der Waals surface area (Å²) in [6, 6.07) is 5.18. The van der Waals surface area contributed by atoms with Crippen LogP contribution < -0.4 is 20.1 Å². The van der Waals surface area contributed by atoms with Crippen molar-refractivity contribution in [3.8, 4) is 11.5 Å². The van der Waals surface area contributed by atoms with E-state index in [2.05, 4.69) is 20.6 Å². The number of aromatic nitrogens is 2. The minimum atomic E-state index is -0.532. The Morgan fingerprint density at radius 2 is 2.00 bits per heavy atom. The smallest absolute Gasteiger partial charge is 0.353 e. The number of benzene rings is 1. The van der Waals surface area contributed by atoms with Crippen molar-refractivity contribution in [2.75, 3.05) is 44.1 Å². The summed E-state index contributed by atoms with van der Waals surface area (Å²) in [5.41, 5.74) is 0.349. The lowest BCUT2D eigenvalue weighted by atomic mass is 10.2. The van der Waals surface area contributed by atoms with E-state index in [1.807, 2.05) is 0 Å². The molecule has 0 fully saturated rings. The lowest BCUT2D eigenvalue weighted by molar-refractivity contribution is -0.383. The van der Waals surface area contributed by atoms with Crippen LogP contribution >= 0.6 is 0 Å². The van der Waals surface area contributed by atoms with E-state index in [0.29, 0.717) is 43.6 Å². The van der Waals surface area contributed by atoms with Crippen LogP contribution in [-0.4, -0.2) is 48.4 Å². The topological polar surface area (TPSA) is 121 Å². The van der Waals surface area contributed by atoms with Gasteiger partial charge in [-0.1, -0.05) is 0 Å². The average Bonchev–Trinajstić information content (AvgIpc) is 2.62. The minimum Gasteiger partial charge on any atom is -0.486 e. The maximum Gasteiger partial charge on any atom is 0.353 e. The molecule has 0 aliphatic carbocycles. The number of nitrogens with one attached hydrogen (secondary N) is 2. The minimum absolute atomic E-state index is 0.0802. The molecule has 132 valence electrons. The summed E-state index contributed by atoms with van der Waals surface area (Å²) in [5.74, 6) is 1.41. The van der Waals surface area contributed by atoms with Gasteiger partial charge in [-0.05, 0) is 12.1 Å². The second kappa shape index (κ2) is 7.62. The number of nitrogens with zero attached hydrogens (tertiary/aromatic N) is 3. The van der Waals surface area contributed by atoms with Crippen LogP contribution in [0.5, 0.6) is 11.5 Å². The van der Waals surface area contributed by atoms with Gasteiger partial charge in [-0.15, -0.1) is 0 Å². The molecular weight excluding hydrogens is 330 g/mol. The third kappa shape index (κ3) is 3.86. The van der Waals surface area contributed by atoms with Crippen molar-refractivity contribution in [3.05, 3.63) is 34.6 Å². The summed E-state index contributed by atoms with van der Waals surface area (Å²) < 4.78 is 15.9. The molecule has 2 heterocycles. The van der Waals surface area contributed by atoms with Crippen molar-refractivity contribution in [3.63, 3.8) is 0 Å². The van der Waals surface area contributed by atoms with Crippen molar-refractivity contribution >= 4 is 23.0 Å². The van der Waals surface area contributed by atoms with Crippen LogP contribution in [0, 0.1) is 10.1 Å². The molecular formula is C15H17N5O5. The first-order valence-electron chi connectivity index (χ1n) is 7.58. The van der Waals surface area contributed by atoms with Crippen LogP contribution in [-0.2, 0) is 4.74 Å². The Morgan fingerprint density at radius 3 is 2.76 bits per heavy atom. The molecule has 0 atom stereocenters. The molecule has 10 heteroatoms. The summed E-state index contributed by atoms with van der Waals surface area (Å²) in [6.45, 7) is 1.73. The highest BCUT2D eigenvalue weighted by molar-refractivity contribution is 5.74. The summed E-state index contributed by atoms with van der Waals surface area (Å²) in [6.07, 6.45) is 1.25. The fourth-order valence-corrected chi connectivity index (χ4v) is 2.30. The van der Waals surface area contributed by atoms with Gasteiger partial charge in [0.15, 0.2) is 11.5 Å². The maximum atomic E-state index is 11.5. The molecule has 2 aromatic rings. The molecule has 0 spiro atoms. The summed E-state index contributed by atoms with van der Waals surface area (Å²) in [5, 5.41) is 17.3. The lowest BCUT2D eigenvalue weighted by Gasteiger charge is -2.19.